The Bertz CT molecular complexity index is 852. The van der Waals surface area contributed by atoms with Crippen molar-refractivity contribution in [3.63, 3.8) is 0 Å². The molecule has 1 atom stereocenters. The molecule has 1 aliphatic rings. The summed E-state index contributed by atoms with van der Waals surface area (Å²) in [5, 5.41) is 9.51. The van der Waals surface area contributed by atoms with Gasteiger partial charge in [0.1, 0.15) is 23.2 Å². The number of rotatable bonds is 7. The van der Waals surface area contributed by atoms with E-state index in [1.54, 1.807) is 32.1 Å². The van der Waals surface area contributed by atoms with Crippen molar-refractivity contribution in [2.75, 3.05) is 13.2 Å². The van der Waals surface area contributed by atoms with Crippen LogP contribution in [0.15, 0.2) is 53.6 Å². The first-order valence-electron chi connectivity index (χ1n) is 8.37. The van der Waals surface area contributed by atoms with Crippen LogP contribution in [-0.2, 0) is 25.6 Å². The highest BCUT2D eigenvalue weighted by molar-refractivity contribution is 5.92. The molecule has 0 saturated carbocycles. The Morgan fingerprint density at radius 2 is 2.26 bits per heavy atom. The summed E-state index contributed by atoms with van der Waals surface area (Å²) in [5.41, 5.74) is 6.71. The van der Waals surface area contributed by atoms with Crippen molar-refractivity contribution < 1.29 is 23.4 Å². The van der Waals surface area contributed by atoms with E-state index in [0.717, 1.165) is 0 Å². The van der Waals surface area contributed by atoms with Crippen molar-refractivity contribution in [1.82, 2.24) is 0 Å². The summed E-state index contributed by atoms with van der Waals surface area (Å²) in [7, 11) is 0. The third-order valence-corrected chi connectivity index (χ3v) is 4.00. The van der Waals surface area contributed by atoms with Crippen LogP contribution in [0.2, 0.25) is 0 Å². The van der Waals surface area contributed by atoms with Gasteiger partial charge in [0.05, 0.1) is 31.3 Å². The van der Waals surface area contributed by atoms with Crippen molar-refractivity contribution in [2.45, 2.75) is 26.4 Å². The maximum atomic E-state index is 14.5. The predicted molar refractivity (Wildman–Crippen MR) is 96.2 cm³/mol. The highest BCUT2D eigenvalue weighted by Crippen LogP contribution is 2.39. The number of hydrogen-bond donors (Lipinski definition) is 1. The Balaban J connectivity index is 2.48. The van der Waals surface area contributed by atoms with Crippen LogP contribution in [0.25, 0.3) is 0 Å². The van der Waals surface area contributed by atoms with Gasteiger partial charge in [-0.25, -0.2) is 9.18 Å². The van der Waals surface area contributed by atoms with Crippen molar-refractivity contribution in [1.29, 1.82) is 5.26 Å². The van der Waals surface area contributed by atoms with Gasteiger partial charge in [0.2, 0.25) is 5.88 Å². The van der Waals surface area contributed by atoms with E-state index in [4.69, 9.17) is 19.9 Å². The van der Waals surface area contributed by atoms with Crippen LogP contribution in [0.4, 0.5) is 4.39 Å². The summed E-state index contributed by atoms with van der Waals surface area (Å²) in [5.74, 6) is -1.93. The number of nitriles is 1. The van der Waals surface area contributed by atoms with Gasteiger partial charge in [-0.2, -0.15) is 5.26 Å². The van der Waals surface area contributed by atoms with Gasteiger partial charge in [0.25, 0.3) is 0 Å². The zero-order valence-corrected chi connectivity index (χ0v) is 15.3. The van der Waals surface area contributed by atoms with Crippen LogP contribution in [-0.4, -0.2) is 19.2 Å². The Kier molecular flexibility index (Phi) is 6.74. The molecule has 7 heteroatoms. The van der Waals surface area contributed by atoms with Crippen molar-refractivity contribution in [3.8, 4) is 6.07 Å². The van der Waals surface area contributed by atoms with Crippen LogP contribution in [0.3, 0.4) is 0 Å². The fourth-order valence-corrected chi connectivity index (χ4v) is 2.80. The van der Waals surface area contributed by atoms with E-state index in [9.17, 15) is 14.4 Å². The fraction of sp³-hybridized carbons (Fsp3) is 0.300. The molecule has 0 radical (unpaired) electrons. The molecule has 0 fully saturated rings. The van der Waals surface area contributed by atoms with Gasteiger partial charge in [0.15, 0.2) is 0 Å². The largest absolute Gasteiger partial charge is 0.463 e. The molecule has 27 heavy (non-hydrogen) atoms. The van der Waals surface area contributed by atoms with Gasteiger partial charge in [-0.1, -0.05) is 18.2 Å². The van der Waals surface area contributed by atoms with Gasteiger partial charge < -0.3 is 19.9 Å². The van der Waals surface area contributed by atoms with Gasteiger partial charge in [0, 0.05) is 5.56 Å². The second kappa shape index (κ2) is 9.01. The molecule has 6 nitrogen and oxygen atoms in total. The average Bonchev–Trinajstić information content (AvgIpc) is 2.62. The molecule has 0 bridgehead atoms. The maximum absolute atomic E-state index is 14.5. The van der Waals surface area contributed by atoms with Gasteiger partial charge >= 0.3 is 5.97 Å². The molecule has 0 aliphatic carbocycles. The second-order valence-corrected chi connectivity index (χ2v) is 5.77. The fourth-order valence-electron chi connectivity index (χ4n) is 2.80. The van der Waals surface area contributed by atoms with Crippen molar-refractivity contribution in [3.05, 3.63) is 70.6 Å². The van der Waals surface area contributed by atoms with Gasteiger partial charge in [-0.3, -0.25) is 0 Å². The minimum Gasteiger partial charge on any atom is -0.463 e. The molecular weight excluding hydrogens is 351 g/mol. The molecule has 142 valence electrons. The van der Waals surface area contributed by atoms with Crippen molar-refractivity contribution >= 4 is 5.97 Å². The lowest BCUT2D eigenvalue weighted by Gasteiger charge is -2.27. The number of ether oxygens (including phenoxy) is 3. The van der Waals surface area contributed by atoms with E-state index in [1.807, 2.05) is 6.07 Å². The number of carbonyl (C=O) groups excluding carboxylic acids is 1. The molecule has 1 aliphatic heterocycles. The number of hydrogen-bond acceptors (Lipinski definition) is 6. The van der Waals surface area contributed by atoms with Crippen LogP contribution >= 0.6 is 0 Å². The number of nitrogens with zero attached hydrogens (tertiary/aromatic N) is 1. The van der Waals surface area contributed by atoms with Crippen LogP contribution in [0.1, 0.15) is 30.9 Å². The first kappa shape index (κ1) is 20.2. The summed E-state index contributed by atoms with van der Waals surface area (Å²) < 4.78 is 30.2. The molecule has 1 aromatic carbocycles. The number of halogens is 1. The maximum Gasteiger partial charge on any atom is 0.338 e. The molecule has 0 spiro atoms. The molecule has 1 unspecified atom stereocenters. The Hall–Kier alpha value is -3.11. The zero-order valence-electron chi connectivity index (χ0n) is 15.3. The minimum absolute atomic E-state index is 0.0266. The Morgan fingerprint density at radius 1 is 1.52 bits per heavy atom. The molecule has 1 heterocycles. The summed E-state index contributed by atoms with van der Waals surface area (Å²) in [6.45, 7) is 7.28. The number of carbonyl (C=O) groups is 1. The molecule has 0 aromatic heterocycles. The zero-order chi connectivity index (χ0) is 20.0. The third kappa shape index (κ3) is 4.36. The molecule has 2 N–H and O–H groups in total. The topological polar surface area (TPSA) is 94.6 Å². The Labute approximate surface area is 157 Å². The van der Waals surface area contributed by atoms with Crippen LogP contribution < -0.4 is 5.73 Å². The lowest BCUT2D eigenvalue weighted by atomic mass is 9.82. The highest BCUT2D eigenvalue weighted by atomic mass is 19.1. The lowest BCUT2D eigenvalue weighted by Crippen LogP contribution is -2.25. The monoisotopic (exact) mass is 372 g/mol. The normalized spacial score (nSPS) is 16.6. The van der Waals surface area contributed by atoms with E-state index in [2.05, 4.69) is 6.58 Å². The van der Waals surface area contributed by atoms with Gasteiger partial charge in [-0.15, -0.1) is 6.58 Å². The molecule has 0 amide bonds. The Morgan fingerprint density at radius 3 is 2.85 bits per heavy atom. The number of nitrogens with two attached hydrogens (primary N) is 1. The van der Waals surface area contributed by atoms with Gasteiger partial charge in [-0.05, 0) is 25.5 Å². The van der Waals surface area contributed by atoms with Crippen molar-refractivity contribution in [2.24, 2.45) is 5.73 Å². The highest BCUT2D eigenvalue weighted by Gasteiger charge is 2.36. The van der Waals surface area contributed by atoms with E-state index in [-0.39, 0.29) is 36.0 Å². The summed E-state index contributed by atoms with van der Waals surface area (Å²) in [6.07, 6.45) is 1.57. The van der Waals surface area contributed by atoms with E-state index in [1.165, 1.54) is 6.07 Å². The summed E-state index contributed by atoms with van der Waals surface area (Å²) in [6, 6.07) is 6.39. The van der Waals surface area contributed by atoms with E-state index < -0.39 is 17.7 Å². The smallest absolute Gasteiger partial charge is 0.338 e. The first-order chi connectivity index (χ1) is 12.9. The lowest BCUT2D eigenvalue weighted by molar-refractivity contribution is -0.139. The minimum atomic E-state index is -0.875. The van der Waals surface area contributed by atoms with E-state index in [0.29, 0.717) is 17.7 Å². The number of esters is 1. The first-order valence-corrected chi connectivity index (χ1v) is 8.37. The second-order valence-electron chi connectivity index (χ2n) is 5.77. The van der Waals surface area contributed by atoms with Crippen LogP contribution in [0, 0.1) is 17.1 Å². The van der Waals surface area contributed by atoms with E-state index >= 15 is 0 Å². The summed E-state index contributed by atoms with van der Waals surface area (Å²) >= 11 is 0. The summed E-state index contributed by atoms with van der Waals surface area (Å²) in [4.78, 5) is 12.4. The molecule has 0 saturated heterocycles. The standard InChI is InChI=1S/C20H21FN2O4/c1-4-8-25-11-14-7-6-13(9-16(14)21)18-15(10-22)19(23)27-12(3)17(18)20(24)26-5-2/h4,6-7,9,18H,1,5,8,11,23H2,2-3H3. The SMILES string of the molecule is C=CCOCc1ccc(C2C(C#N)=C(N)OC(C)=C2C(=O)OCC)cc1F. The number of benzene rings is 1. The molecule has 1 aromatic rings. The predicted octanol–water partition coefficient (Wildman–Crippen LogP) is 3.17. The quantitative estimate of drug-likeness (QED) is 0.449. The molecular formula is C20H21FN2O4. The number of allylic oxidation sites excluding steroid dienone is 2. The van der Waals surface area contributed by atoms with Crippen LogP contribution in [0.5, 0.6) is 0 Å². The third-order valence-electron chi connectivity index (χ3n) is 4.00. The average molecular weight is 372 g/mol. The molecule has 2 rings (SSSR count).